The number of likely N-dealkylation sites (tertiary alicyclic amines) is 1. The summed E-state index contributed by atoms with van der Waals surface area (Å²) in [6, 6.07) is 10.8. The number of amides is 1. The van der Waals surface area contributed by atoms with Crippen molar-refractivity contribution in [2.75, 3.05) is 19.7 Å². The molecule has 108 valence electrons. The minimum absolute atomic E-state index is 0.218. The summed E-state index contributed by atoms with van der Waals surface area (Å²) >= 11 is 0. The fourth-order valence-electron chi connectivity index (χ4n) is 3.10. The number of fused-ring (bicyclic) bond motifs is 2. The number of carbonyl (C=O) groups is 1. The minimum atomic E-state index is 0.218. The summed E-state index contributed by atoms with van der Waals surface area (Å²) < 4.78 is 5.60. The first-order valence-corrected chi connectivity index (χ1v) is 7.53. The van der Waals surface area contributed by atoms with Gasteiger partial charge in [0.05, 0.1) is 13.0 Å². The van der Waals surface area contributed by atoms with Gasteiger partial charge >= 0.3 is 0 Å². The van der Waals surface area contributed by atoms with Crippen LogP contribution >= 0.6 is 0 Å². The Balaban J connectivity index is 1.44. The second kappa shape index (κ2) is 6.27. The monoisotopic (exact) mass is 274 g/mol. The number of carbonyl (C=O) groups excluding carboxylic acids is 1. The summed E-state index contributed by atoms with van der Waals surface area (Å²) in [6.07, 6.45) is 4.02. The topological polar surface area (TPSA) is 41.6 Å². The van der Waals surface area contributed by atoms with Gasteiger partial charge in [0.25, 0.3) is 0 Å². The van der Waals surface area contributed by atoms with Gasteiger partial charge in [-0.1, -0.05) is 18.2 Å². The van der Waals surface area contributed by atoms with Gasteiger partial charge < -0.3 is 15.0 Å². The molecule has 1 aromatic rings. The van der Waals surface area contributed by atoms with Crippen molar-refractivity contribution in [1.82, 2.24) is 10.2 Å². The zero-order chi connectivity index (χ0) is 13.8. The highest BCUT2D eigenvalue weighted by atomic mass is 16.5. The lowest BCUT2D eigenvalue weighted by Crippen LogP contribution is -2.39. The van der Waals surface area contributed by atoms with Gasteiger partial charge in [0.15, 0.2) is 0 Å². The third-order valence-electron chi connectivity index (χ3n) is 4.20. The molecule has 2 fully saturated rings. The Hall–Kier alpha value is -1.55. The number of hydrogen-bond donors (Lipinski definition) is 1. The number of benzene rings is 1. The quantitative estimate of drug-likeness (QED) is 0.910. The van der Waals surface area contributed by atoms with Gasteiger partial charge in [0, 0.05) is 25.2 Å². The van der Waals surface area contributed by atoms with Crippen LogP contribution in [0.15, 0.2) is 30.3 Å². The van der Waals surface area contributed by atoms with Crippen LogP contribution in [-0.4, -0.2) is 42.6 Å². The lowest BCUT2D eigenvalue weighted by molar-refractivity contribution is -0.131. The van der Waals surface area contributed by atoms with Crippen molar-refractivity contribution in [3.63, 3.8) is 0 Å². The van der Waals surface area contributed by atoms with Crippen molar-refractivity contribution in [3.05, 3.63) is 30.3 Å². The van der Waals surface area contributed by atoms with Crippen molar-refractivity contribution < 1.29 is 9.53 Å². The predicted molar refractivity (Wildman–Crippen MR) is 77.7 cm³/mol. The van der Waals surface area contributed by atoms with Gasteiger partial charge in [0.2, 0.25) is 5.91 Å². The Morgan fingerprint density at radius 3 is 2.85 bits per heavy atom. The summed E-state index contributed by atoms with van der Waals surface area (Å²) in [5.74, 6) is 1.05. The fourth-order valence-corrected chi connectivity index (χ4v) is 3.10. The van der Waals surface area contributed by atoms with E-state index in [0.717, 1.165) is 25.3 Å². The van der Waals surface area contributed by atoms with Crippen molar-refractivity contribution in [2.24, 2.45) is 0 Å². The molecule has 1 aromatic carbocycles. The van der Waals surface area contributed by atoms with Gasteiger partial charge in [0.1, 0.15) is 5.75 Å². The summed E-state index contributed by atoms with van der Waals surface area (Å²) in [4.78, 5) is 14.2. The van der Waals surface area contributed by atoms with Crippen molar-refractivity contribution in [2.45, 2.75) is 37.8 Å². The van der Waals surface area contributed by atoms with E-state index >= 15 is 0 Å². The van der Waals surface area contributed by atoms with E-state index in [4.69, 9.17) is 4.74 Å². The largest absolute Gasteiger partial charge is 0.493 e. The first-order chi connectivity index (χ1) is 9.81. The van der Waals surface area contributed by atoms with Gasteiger partial charge in [-0.25, -0.2) is 0 Å². The average Bonchev–Trinajstić information content (AvgIpc) is 2.79. The van der Waals surface area contributed by atoms with E-state index in [1.807, 2.05) is 35.2 Å². The smallest absolute Gasteiger partial charge is 0.226 e. The number of para-hydroxylation sites is 1. The highest BCUT2D eigenvalue weighted by Crippen LogP contribution is 2.20. The first kappa shape index (κ1) is 13.4. The van der Waals surface area contributed by atoms with Crippen molar-refractivity contribution in [1.29, 1.82) is 0 Å². The number of nitrogens with one attached hydrogen (secondary N) is 1. The molecule has 2 heterocycles. The van der Waals surface area contributed by atoms with Crippen LogP contribution in [0.5, 0.6) is 5.75 Å². The zero-order valence-corrected chi connectivity index (χ0v) is 11.8. The van der Waals surface area contributed by atoms with Crippen LogP contribution in [0.1, 0.15) is 25.7 Å². The Labute approximate surface area is 120 Å². The first-order valence-electron chi connectivity index (χ1n) is 7.53. The second-order valence-corrected chi connectivity index (χ2v) is 5.68. The zero-order valence-electron chi connectivity index (χ0n) is 11.8. The van der Waals surface area contributed by atoms with Crippen LogP contribution in [0, 0.1) is 0 Å². The Kier molecular flexibility index (Phi) is 4.21. The number of ether oxygens (including phenoxy) is 1. The molecule has 2 unspecified atom stereocenters. The molecular formula is C16H22N2O2. The maximum Gasteiger partial charge on any atom is 0.226 e. The third kappa shape index (κ3) is 3.31. The Morgan fingerprint density at radius 2 is 2.00 bits per heavy atom. The highest BCUT2D eigenvalue weighted by Gasteiger charge is 2.30. The molecule has 2 aliphatic rings. The van der Waals surface area contributed by atoms with E-state index in [2.05, 4.69) is 5.32 Å². The van der Waals surface area contributed by atoms with Crippen molar-refractivity contribution >= 4 is 5.91 Å². The molecule has 3 rings (SSSR count). The highest BCUT2D eigenvalue weighted by molar-refractivity contribution is 5.76. The van der Waals surface area contributed by atoms with Gasteiger partial charge in [-0.2, -0.15) is 0 Å². The van der Waals surface area contributed by atoms with E-state index in [-0.39, 0.29) is 5.91 Å². The van der Waals surface area contributed by atoms with Crippen LogP contribution in [0.25, 0.3) is 0 Å². The maximum absolute atomic E-state index is 12.2. The summed E-state index contributed by atoms with van der Waals surface area (Å²) in [6.45, 7) is 2.21. The maximum atomic E-state index is 12.2. The standard InChI is InChI=1S/C16H22N2O2/c19-16(9-11-20-15-4-2-1-3-5-15)18-10-8-13-6-7-14(12-18)17-13/h1-5,13-14,17H,6-12H2. The molecule has 0 aliphatic carbocycles. The number of nitrogens with zero attached hydrogens (tertiary/aromatic N) is 1. The van der Waals surface area contributed by atoms with E-state index in [1.165, 1.54) is 12.8 Å². The van der Waals surface area contributed by atoms with E-state index in [0.29, 0.717) is 25.1 Å². The molecule has 0 saturated carbocycles. The summed E-state index contributed by atoms with van der Waals surface area (Å²) in [5, 5.41) is 3.59. The van der Waals surface area contributed by atoms with Crippen molar-refractivity contribution in [3.8, 4) is 5.75 Å². The molecule has 2 atom stereocenters. The number of rotatable bonds is 4. The fraction of sp³-hybridized carbons (Fsp3) is 0.562. The minimum Gasteiger partial charge on any atom is -0.493 e. The average molecular weight is 274 g/mol. The van der Waals surface area contributed by atoms with E-state index in [9.17, 15) is 4.79 Å². The van der Waals surface area contributed by atoms with E-state index in [1.54, 1.807) is 0 Å². The molecule has 0 aromatic heterocycles. The molecule has 2 bridgehead atoms. The van der Waals surface area contributed by atoms with Gasteiger partial charge in [-0.15, -0.1) is 0 Å². The lowest BCUT2D eigenvalue weighted by Gasteiger charge is -2.24. The van der Waals surface area contributed by atoms with Crippen LogP contribution in [-0.2, 0) is 4.79 Å². The molecule has 1 amide bonds. The van der Waals surface area contributed by atoms with Gasteiger partial charge in [-0.3, -0.25) is 4.79 Å². The molecule has 0 spiro atoms. The van der Waals surface area contributed by atoms with Crippen LogP contribution in [0.4, 0.5) is 0 Å². The van der Waals surface area contributed by atoms with Crippen LogP contribution in [0.2, 0.25) is 0 Å². The molecule has 2 saturated heterocycles. The molecule has 4 nitrogen and oxygen atoms in total. The normalized spacial score (nSPS) is 25.3. The Morgan fingerprint density at radius 1 is 1.20 bits per heavy atom. The molecule has 1 N–H and O–H groups in total. The second-order valence-electron chi connectivity index (χ2n) is 5.68. The molecule has 20 heavy (non-hydrogen) atoms. The molecular weight excluding hydrogens is 252 g/mol. The SMILES string of the molecule is O=C(CCOc1ccccc1)N1CCC2CCC(C1)N2. The van der Waals surface area contributed by atoms with Crippen LogP contribution < -0.4 is 10.1 Å². The number of hydrogen-bond acceptors (Lipinski definition) is 3. The third-order valence-corrected chi connectivity index (χ3v) is 4.20. The predicted octanol–water partition coefficient (Wildman–Crippen LogP) is 1.81. The van der Waals surface area contributed by atoms with Gasteiger partial charge in [-0.05, 0) is 31.4 Å². The Bertz CT molecular complexity index is 449. The van der Waals surface area contributed by atoms with E-state index < -0.39 is 0 Å². The molecule has 4 heteroatoms. The summed E-state index contributed by atoms with van der Waals surface area (Å²) in [5.41, 5.74) is 0. The summed E-state index contributed by atoms with van der Waals surface area (Å²) in [7, 11) is 0. The molecule has 0 radical (unpaired) electrons. The van der Waals surface area contributed by atoms with Crippen LogP contribution in [0.3, 0.4) is 0 Å². The molecule has 2 aliphatic heterocycles. The lowest BCUT2D eigenvalue weighted by atomic mass is 10.1.